The quantitative estimate of drug-likeness (QED) is 0.705. The number of amides is 2. The van der Waals surface area contributed by atoms with Crippen LogP contribution in [0.4, 0.5) is 16.3 Å². The number of rotatable bonds is 3. The van der Waals surface area contributed by atoms with Crippen LogP contribution in [0.3, 0.4) is 0 Å². The van der Waals surface area contributed by atoms with Gasteiger partial charge in [0.15, 0.2) is 5.82 Å². The average Bonchev–Trinajstić information content (AvgIpc) is 3.40. The molecule has 0 unspecified atom stereocenters. The monoisotopic (exact) mass is 383 g/mol. The second-order valence-corrected chi connectivity index (χ2v) is 6.62. The van der Waals surface area contributed by atoms with Gasteiger partial charge in [0.05, 0.1) is 23.1 Å². The van der Waals surface area contributed by atoms with Crippen LogP contribution in [0.1, 0.15) is 24.5 Å². The second-order valence-electron chi connectivity index (χ2n) is 5.70. The first-order valence-corrected chi connectivity index (χ1v) is 8.42. The van der Waals surface area contributed by atoms with Gasteiger partial charge in [-0.2, -0.15) is 0 Å². The van der Waals surface area contributed by atoms with E-state index in [4.69, 9.17) is 0 Å². The summed E-state index contributed by atoms with van der Waals surface area (Å²) >= 11 is 3.44. The third kappa shape index (κ3) is 3.21. The lowest BCUT2D eigenvalue weighted by Crippen LogP contribution is -2.20. The van der Waals surface area contributed by atoms with Gasteiger partial charge >= 0.3 is 6.03 Å². The Balaban J connectivity index is 1.54. The van der Waals surface area contributed by atoms with Crippen LogP contribution in [0.25, 0.3) is 10.9 Å². The van der Waals surface area contributed by atoms with Gasteiger partial charge in [-0.05, 0) is 37.1 Å². The zero-order chi connectivity index (χ0) is 16.5. The minimum absolute atomic E-state index is 0.357. The number of carbonyl (C=O) groups excluding carboxylic acids is 1. The summed E-state index contributed by atoms with van der Waals surface area (Å²) in [5.41, 5.74) is 2.43. The van der Waals surface area contributed by atoms with Crippen LogP contribution >= 0.6 is 15.9 Å². The Hall–Kier alpha value is -2.54. The van der Waals surface area contributed by atoms with E-state index in [1.165, 1.54) is 0 Å². The largest absolute Gasteiger partial charge is 0.324 e. The molecule has 4 rings (SSSR count). The third-order valence-electron chi connectivity index (χ3n) is 3.84. The number of nitrogens with zero attached hydrogens (tertiary/aromatic N) is 3. The number of pyridine rings is 1. The Morgan fingerprint density at radius 3 is 2.88 bits per heavy atom. The maximum absolute atomic E-state index is 12.3. The molecule has 2 aromatic heterocycles. The van der Waals surface area contributed by atoms with Crippen molar-refractivity contribution >= 4 is 44.4 Å². The molecule has 120 valence electrons. The predicted molar refractivity (Wildman–Crippen MR) is 96.1 cm³/mol. The van der Waals surface area contributed by atoms with Gasteiger partial charge in [-0.1, -0.05) is 15.9 Å². The van der Waals surface area contributed by atoms with Crippen LogP contribution in [-0.2, 0) is 0 Å². The van der Waals surface area contributed by atoms with Gasteiger partial charge in [-0.25, -0.2) is 9.78 Å². The number of carbonyl (C=O) groups is 1. The fraction of sp³-hybridized carbons (Fsp3) is 0.176. The van der Waals surface area contributed by atoms with Gasteiger partial charge in [0, 0.05) is 28.2 Å². The highest BCUT2D eigenvalue weighted by Gasteiger charge is 2.25. The summed E-state index contributed by atoms with van der Waals surface area (Å²) in [7, 11) is 0. The number of benzene rings is 1. The molecule has 24 heavy (non-hydrogen) atoms. The molecule has 3 aromatic rings. The Labute approximate surface area is 146 Å². The molecule has 7 heteroatoms. The smallest absolute Gasteiger partial charge is 0.307 e. The van der Waals surface area contributed by atoms with Gasteiger partial charge in [0.25, 0.3) is 0 Å². The molecule has 1 fully saturated rings. The SMILES string of the molecule is O=C(Nc1cncc(C2CC2)n1)Nc1ccnc2ccc(Br)cc12. The van der Waals surface area contributed by atoms with E-state index in [0.717, 1.165) is 33.9 Å². The molecular formula is C17H14BrN5O. The number of halogens is 1. The normalized spacial score (nSPS) is 13.7. The number of nitrogens with one attached hydrogen (secondary N) is 2. The van der Waals surface area contributed by atoms with Gasteiger partial charge in [-0.15, -0.1) is 0 Å². The van der Waals surface area contributed by atoms with E-state index in [1.54, 1.807) is 24.7 Å². The van der Waals surface area contributed by atoms with Crippen molar-refractivity contribution in [1.29, 1.82) is 0 Å². The van der Waals surface area contributed by atoms with E-state index in [-0.39, 0.29) is 6.03 Å². The molecule has 2 heterocycles. The Bertz CT molecular complexity index is 926. The minimum Gasteiger partial charge on any atom is -0.307 e. The van der Waals surface area contributed by atoms with Gasteiger partial charge in [0.2, 0.25) is 0 Å². The van der Waals surface area contributed by atoms with Crippen LogP contribution in [0.15, 0.2) is 47.3 Å². The maximum atomic E-state index is 12.3. The maximum Gasteiger partial charge on any atom is 0.324 e. The van der Waals surface area contributed by atoms with Gasteiger partial charge in [-0.3, -0.25) is 15.3 Å². The Morgan fingerprint density at radius 2 is 2.04 bits per heavy atom. The average molecular weight is 384 g/mol. The van der Waals surface area contributed by atoms with Crippen molar-refractivity contribution in [2.75, 3.05) is 10.6 Å². The highest BCUT2D eigenvalue weighted by molar-refractivity contribution is 9.10. The zero-order valence-corrected chi connectivity index (χ0v) is 14.2. The summed E-state index contributed by atoms with van der Waals surface area (Å²) in [6.07, 6.45) is 7.26. The molecule has 1 saturated carbocycles. The van der Waals surface area contributed by atoms with E-state index in [2.05, 4.69) is 41.5 Å². The number of hydrogen-bond donors (Lipinski definition) is 2. The molecule has 0 spiro atoms. The lowest BCUT2D eigenvalue weighted by atomic mass is 10.2. The van der Waals surface area contributed by atoms with Gasteiger partial charge < -0.3 is 5.32 Å². The fourth-order valence-electron chi connectivity index (χ4n) is 2.51. The van der Waals surface area contributed by atoms with Crippen molar-refractivity contribution < 1.29 is 4.79 Å². The summed E-state index contributed by atoms with van der Waals surface area (Å²) in [5, 5.41) is 6.44. The fourth-order valence-corrected chi connectivity index (χ4v) is 2.88. The number of aromatic nitrogens is 3. The topological polar surface area (TPSA) is 79.8 Å². The summed E-state index contributed by atoms with van der Waals surface area (Å²) < 4.78 is 0.925. The molecular weight excluding hydrogens is 370 g/mol. The van der Waals surface area contributed by atoms with Gasteiger partial charge in [0.1, 0.15) is 0 Å². The van der Waals surface area contributed by atoms with Crippen molar-refractivity contribution in [2.24, 2.45) is 0 Å². The van der Waals surface area contributed by atoms with E-state index >= 15 is 0 Å². The van der Waals surface area contributed by atoms with Crippen LogP contribution in [-0.4, -0.2) is 21.0 Å². The molecule has 1 aromatic carbocycles. The predicted octanol–water partition coefficient (Wildman–Crippen LogP) is 4.31. The van der Waals surface area contributed by atoms with Crippen LogP contribution in [0, 0.1) is 0 Å². The zero-order valence-electron chi connectivity index (χ0n) is 12.7. The molecule has 2 amide bonds. The van der Waals surface area contributed by atoms with Crippen molar-refractivity contribution in [3.8, 4) is 0 Å². The highest BCUT2D eigenvalue weighted by atomic mass is 79.9. The Morgan fingerprint density at radius 1 is 1.17 bits per heavy atom. The first kappa shape index (κ1) is 15.0. The molecule has 2 N–H and O–H groups in total. The molecule has 6 nitrogen and oxygen atoms in total. The molecule has 1 aliphatic rings. The third-order valence-corrected chi connectivity index (χ3v) is 4.34. The number of hydrogen-bond acceptors (Lipinski definition) is 4. The standard InChI is InChI=1S/C17H14BrN5O/c18-11-3-4-13-12(7-11)14(5-6-20-13)22-17(24)23-16-9-19-8-15(21-16)10-1-2-10/h3-10H,1-2H2,(H2,20,21,22,23,24). The molecule has 0 bridgehead atoms. The van der Waals surface area contributed by atoms with Crippen molar-refractivity contribution in [2.45, 2.75) is 18.8 Å². The first-order chi connectivity index (χ1) is 11.7. The van der Waals surface area contributed by atoms with Crippen molar-refractivity contribution in [3.05, 3.63) is 53.0 Å². The summed E-state index contributed by atoms with van der Waals surface area (Å²) in [6.45, 7) is 0. The lowest BCUT2D eigenvalue weighted by molar-refractivity contribution is 0.262. The van der Waals surface area contributed by atoms with E-state index in [0.29, 0.717) is 17.4 Å². The van der Waals surface area contributed by atoms with E-state index in [1.807, 2.05) is 18.2 Å². The highest BCUT2D eigenvalue weighted by Crippen LogP contribution is 2.38. The van der Waals surface area contributed by atoms with E-state index < -0.39 is 0 Å². The Kier molecular flexibility index (Phi) is 3.86. The number of anilines is 2. The number of urea groups is 1. The van der Waals surface area contributed by atoms with Crippen LogP contribution < -0.4 is 10.6 Å². The second kappa shape index (κ2) is 6.16. The minimum atomic E-state index is -0.357. The summed E-state index contributed by atoms with van der Waals surface area (Å²) in [6, 6.07) is 7.14. The molecule has 0 saturated heterocycles. The van der Waals surface area contributed by atoms with Crippen molar-refractivity contribution in [3.63, 3.8) is 0 Å². The molecule has 0 aliphatic heterocycles. The molecule has 0 radical (unpaired) electrons. The molecule has 0 atom stereocenters. The molecule has 1 aliphatic carbocycles. The van der Waals surface area contributed by atoms with E-state index in [9.17, 15) is 4.79 Å². The van der Waals surface area contributed by atoms with Crippen LogP contribution in [0.2, 0.25) is 0 Å². The lowest BCUT2D eigenvalue weighted by Gasteiger charge is -2.10. The first-order valence-electron chi connectivity index (χ1n) is 7.63. The summed E-state index contributed by atoms with van der Waals surface area (Å²) in [4.78, 5) is 25.2. The number of fused-ring (bicyclic) bond motifs is 1. The summed E-state index contributed by atoms with van der Waals surface area (Å²) in [5.74, 6) is 0.945. The van der Waals surface area contributed by atoms with Crippen molar-refractivity contribution in [1.82, 2.24) is 15.0 Å². The van der Waals surface area contributed by atoms with Crippen LogP contribution in [0.5, 0.6) is 0 Å².